The van der Waals surface area contributed by atoms with Crippen LogP contribution in [0.4, 0.5) is 0 Å². The zero-order chi connectivity index (χ0) is 8.23. The van der Waals surface area contributed by atoms with Crippen LogP contribution < -0.4 is 0 Å². The van der Waals surface area contributed by atoms with Crippen molar-refractivity contribution in [1.82, 2.24) is 25.5 Å². The van der Waals surface area contributed by atoms with Gasteiger partial charge in [-0.25, -0.2) is 9.61 Å². The number of nitrogens with one attached hydrogen (secondary N) is 1. The molecule has 0 spiro atoms. The van der Waals surface area contributed by atoms with E-state index in [4.69, 9.17) is 0 Å². The van der Waals surface area contributed by atoms with Gasteiger partial charge in [0.2, 0.25) is 5.82 Å². The Balaban J connectivity index is 2.14. The molecule has 0 fully saturated rings. The largest absolute Gasteiger partial charge is 0.345 e. The van der Waals surface area contributed by atoms with Crippen molar-refractivity contribution in [3.05, 3.63) is 24.0 Å². The number of rotatable bonds is 2. The van der Waals surface area contributed by atoms with E-state index in [0.717, 1.165) is 5.69 Å². The number of nitrogens with zero attached hydrogens (tertiary/aromatic N) is 4. The molecule has 0 bridgehead atoms. The standard InChI is InChI=1S/C6H5N5O/c1(5-3-7-4-8-5)2-6-9-11-12-10-6/h1-4H,(H,7,8). The van der Waals surface area contributed by atoms with Crippen LogP contribution in [0.1, 0.15) is 11.5 Å². The molecule has 6 nitrogen and oxygen atoms in total. The maximum Gasteiger partial charge on any atom is 0.219 e. The summed E-state index contributed by atoms with van der Waals surface area (Å²) in [4.78, 5) is 6.73. The first-order chi connectivity index (χ1) is 5.95. The third-order valence-corrected chi connectivity index (χ3v) is 1.25. The number of hydrogen-bond donors (Lipinski definition) is 1. The van der Waals surface area contributed by atoms with E-state index in [9.17, 15) is 0 Å². The molecular weight excluding hydrogens is 158 g/mol. The molecule has 12 heavy (non-hydrogen) atoms. The summed E-state index contributed by atoms with van der Waals surface area (Å²) in [5.74, 6) is 0.435. The Morgan fingerprint density at radius 1 is 1.42 bits per heavy atom. The normalized spacial score (nSPS) is 11.0. The van der Waals surface area contributed by atoms with Crippen LogP contribution >= 0.6 is 0 Å². The Kier molecular flexibility index (Phi) is 1.65. The summed E-state index contributed by atoms with van der Waals surface area (Å²) in [6.07, 6.45) is 6.72. The summed E-state index contributed by atoms with van der Waals surface area (Å²) < 4.78 is 4.30. The molecule has 0 aliphatic rings. The predicted molar refractivity (Wildman–Crippen MR) is 39.6 cm³/mol. The van der Waals surface area contributed by atoms with E-state index in [0.29, 0.717) is 5.82 Å². The summed E-state index contributed by atoms with van der Waals surface area (Å²) in [6, 6.07) is 0. The van der Waals surface area contributed by atoms with Gasteiger partial charge in [0.15, 0.2) is 0 Å². The predicted octanol–water partition coefficient (Wildman–Crippen LogP) is 0.358. The van der Waals surface area contributed by atoms with Gasteiger partial charge < -0.3 is 4.98 Å². The molecule has 0 amide bonds. The smallest absolute Gasteiger partial charge is 0.219 e. The number of aromatic nitrogens is 5. The minimum absolute atomic E-state index is 0.435. The van der Waals surface area contributed by atoms with Gasteiger partial charge in [0.05, 0.1) is 23.5 Å². The molecule has 0 aromatic carbocycles. The van der Waals surface area contributed by atoms with Crippen molar-refractivity contribution in [2.45, 2.75) is 0 Å². The van der Waals surface area contributed by atoms with Gasteiger partial charge in [-0.3, -0.25) is 0 Å². The fourth-order valence-electron chi connectivity index (χ4n) is 0.724. The number of hydrogen-bond acceptors (Lipinski definition) is 5. The van der Waals surface area contributed by atoms with Gasteiger partial charge in [-0.2, -0.15) is 0 Å². The van der Waals surface area contributed by atoms with Crippen LogP contribution in [-0.2, 0) is 0 Å². The molecule has 0 saturated heterocycles. The Morgan fingerprint density at radius 3 is 3.08 bits per heavy atom. The minimum atomic E-state index is 0.435. The van der Waals surface area contributed by atoms with Crippen LogP contribution in [-0.4, -0.2) is 25.5 Å². The second kappa shape index (κ2) is 2.95. The number of aromatic amines is 1. The summed E-state index contributed by atoms with van der Waals surface area (Å²) in [7, 11) is 0. The second-order valence-corrected chi connectivity index (χ2v) is 2.05. The van der Waals surface area contributed by atoms with Crippen molar-refractivity contribution in [3.8, 4) is 0 Å². The molecule has 0 radical (unpaired) electrons. The van der Waals surface area contributed by atoms with Gasteiger partial charge in [-0.05, 0) is 17.3 Å². The summed E-state index contributed by atoms with van der Waals surface area (Å²) >= 11 is 0. The molecule has 0 saturated carbocycles. The van der Waals surface area contributed by atoms with E-state index in [-0.39, 0.29) is 0 Å². The molecule has 0 unspecified atom stereocenters. The van der Waals surface area contributed by atoms with E-state index >= 15 is 0 Å². The summed E-state index contributed by atoms with van der Waals surface area (Å²) in [5.41, 5.74) is 0.875. The first-order valence-electron chi connectivity index (χ1n) is 3.27. The lowest BCUT2D eigenvalue weighted by atomic mass is 10.4. The van der Waals surface area contributed by atoms with E-state index < -0.39 is 0 Å². The lowest BCUT2D eigenvalue weighted by Crippen LogP contribution is -1.74. The van der Waals surface area contributed by atoms with Gasteiger partial charge in [-0.1, -0.05) is 5.10 Å². The lowest BCUT2D eigenvalue weighted by Gasteiger charge is -1.78. The Bertz CT molecular complexity index is 313. The van der Waals surface area contributed by atoms with Crippen LogP contribution in [0.2, 0.25) is 0 Å². The molecule has 0 aliphatic carbocycles. The molecule has 0 atom stereocenters. The molecule has 6 heteroatoms. The quantitative estimate of drug-likeness (QED) is 0.691. The van der Waals surface area contributed by atoms with Gasteiger partial charge in [0, 0.05) is 0 Å². The van der Waals surface area contributed by atoms with Crippen molar-refractivity contribution in [1.29, 1.82) is 0 Å². The second-order valence-electron chi connectivity index (χ2n) is 2.05. The molecule has 2 aromatic heterocycles. The van der Waals surface area contributed by atoms with Gasteiger partial charge in [0.1, 0.15) is 0 Å². The van der Waals surface area contributed by atoms with E-state index in [2.05, 4.69) is 30.1 Å². The van der Waals surface area contributed by atoms with E-state index in [1.54, 1.807) is 24.7 Å². The van der Waals surface area contributed by atoms with Crippen LogP contribution in [0.3, 0.4) is 0 Å². The van der Waals surface area contributed by atoms with Gasteiger partial charge in [0.25, 0.3) is 0 Å². The molecule has 0 aliphatic heterocycles. The Labute approximate surface area is 67.3 Å². The molecule has 2 rings (SSSR count). The fourth-order valence-corrected chi connectivity index (χ4v) is 0.724. The average molecular weight is 163 g/mol. The van der Waals surface area contributed by atoms with E-state index in [1.807, 2.05) is 0 Å². The summed E-state index contributed by atoms with van der Waals surface area (Å²) in [5, 5.41) is 10.3. The van der Waals surface area contributed by atoms with Crippen LogP contribution in [0, 0.1) is 0 Å². The third-order valence-electron chi connectivity index (χ3n) is 1.25. The molecule has 1 N–H and O–H groups in total. The highest BCUT2D eigenvalue weighted by Crippen LogP contribution is 1.98. The van der Waals surface area contributed by atoms with Crippen LogP contribution in [0.25, 0.3) is 12.2 Å². The monoisotopic (exact) mass is 163 g/mol. The van der Waals surface area contributed by atoms with Crippen LogP contribution in [0.5, 0.6) is 0 Å². The zero-order valence-corrected chi connectivity index (χ0v) is 6.01. The Morgan fingerprint density at radius 2 is 2.42 bits per heavy atom. The van der Waals surface area contributed by atoms with Crippen molar-refractivity contribution in [2.24, 2.45) is 0 Å². The van der Waals surface area contributed by atoms with Gasteiger partial charge in [-0.15, -0.1) is 0 Å². The number of imidazole rings is 1. The highest BCUT2D eigenvalue weighted by molar-refractivity contribution is 5.63. The fraction of sp³-hybridized carbons (Fsp3) is 0. The first-order valence-corrected chi connectivity index (χ1v) is 3.27. The third kappa shape index (κ3) is 1.36. The Hall–Kier alpha value is -1.98. The molecular formula is C6H5N5O. The maximum atomic E-state index is 4.30. The molecule has 2 heterocycles. The highest BCUT2D eigenvalue weighted by Gasteiger charge is 1.92. The lowest BCUT2D eigenvalue weighted by molar-refractivity contribution is 0.292. The SMILES string of the molecule is C(=Cc1cnc[nH]1)c1nnon1. The van der Waals surface area contributed by atoms with Crippen molar-refractivity contribution < 1.29 is 4.63 Å². The van der Waals surface area contributed by atoms with E-state index in [1.165, 1.54) is 0 Å². The zero-order valence-electron chi connectivity index (χ0n) is 6.01. The minimum Gasteiger partial charge on any atom is -0.345 e. The van der Waals surface area contributed by atoms with Crippen LogP contribution in [0.15, 0.2) is 17.2 Å². The molecule has 2 aromatic rings. The molecule has 60 valence electrons. The summed E-state index contributed by atoms with van der Waals surface area (Å²) in [6.45, 7) is 0. The highest BCUT2D eigenvalue weighted by atomic mass is 16.6. The van der Waals surface area contributed by atoms with Crippen molar-refractivity contribution in [3.63, 3.8) is 0 Å². The van der Waals surface area contributed by atoms with Crippen molar-refractivity contribution in [2.75, 3.05) is 0 Å². The van der Waals surface area contributed by atoms with Crippen molar-refractivity contribution >= 4 is 12.2 Å². The van der Waals surface area contributed by atoms with Gasteiger partial charge >= 0.3 is 0 Å². The average Bonchev–Trinajstić information content (AvgIpc) is 2.74. The topological polar surface area (TPSA) is 80.5 Å². The first kappa shape index (κ1) is 6.71. The number of H-pyrrole nitrogens is 1. The maximum absolute atomic E-state index is 4.30.